The van der Waals surface area contributed by atoms with Gasteiger partial charge in [-0.05, 0) is 82.0 Å². The summed E-state index contributed by atoms with van der Waals surface area (Å²) in [6, 6.07) is 7.45. The molecule has 4 rings (SSSR count). The van der Waals surface area contributed by atoms with Crippen LogP contribution in [-0.4, -0.2) is 24.1 Å². The summed E-state index contributed by atoms with van der Waals surface area (Å²) in [5.74, 6) is -0.433. The zero-order chi connectivity index (χ0) is 25.3. The number of fused-ring (bicyclic) bond motifs is 1. The largest absolute Gasteiger partial charge is 0.456 e. The second kappa shape index (κ2) is 10.3. The van der Waals surface area contributed by atoms with E-state index in [2.05, 4.69) is 16.0 Å². The summed E-state index contributed by atoms with van der Waals surface area (Å²) < 4.78 is 5.58. The van der Waals surface area contributed by atoms with Gasteiger partial charge < -0.3 is 15.4 Å². The van der Waals surface area contributed by atoms with Gasteiger partial charge in [-0.25, -0.2) is 9.59 Å². The highest BCUT2D eigenvalue weighted by atomic mass is 35.5. The summed E-state index contributed by atoms with van der Waals surface area (Å²) in [5.41, 5.74) is 4.07. The number of carbonyl (C=O) groups is 2. The first-order chi connectivity index (χ1) is 16.5. The van der Waals surface area contributed by atoms with Gasteiger partial charge in [0.25, 0.3) is 0 Å². The molecule has 0 saturated heterocycles. The zero-order valence-corrected chi connectivity index (χ0v) is 22.9. The number of thiophene rings is 2. The fourth-order valence-electron chi connectivity index (χ4n) is 4.06. The molecule has 2 aromatic heterocycles. The van der Waals surface area contributed by atoms with Crippen LogP contribution in [-0.2, 0) is 24.2 Å². The average molecular weight is 532 g/mol. The minimum atomic E-state index is -0.622. The predicted octanol–water partition coefficient (Wildman–Crippen LogP) is 6.67. The van der Waals surface area contributed by atoms with Crippen molar-refractivity contribution in [3.05, 3.63) is 61.3 Å². The Labute approximate surface area is 219 Å². The van der Waals surface area contributed by atoms with Crippen LogP contribution in [0.2, 0.25) is 5.02 Å². The highest BCUT2D eigenvalue weighted by Gasteiger charge is 2.27. The smallest absolute Gasteiger partial charge is 0.341 e. The first-order valence-corrected chi connectivity index (χ1v) is 13.5. The summed E-state index contributed by atoms with van der Waals surface area (Å²) in [6.45, 7) is 11.4. The lowest BCUT2D eigenvalue weighted by Crippen LogP contribution is -2.30. The number of nitrogens with one attached hydrogen (secondary N) is 3. The van der Waals surface area contributed by atoms with Crippen molar-refractivity contribution in [2.24, 2.45) is 0 Å². The molecule has 0 radical (unpaired) electrons. The van der Waals surface area contributed by atoms with E-state index >= 15 is 0 Å². The molecule has 1 aromatic carbocycles. The molecule has 2 amide bonds. The molecule has 0 fully saturated rings. The fourth-order valence-corrected chi connectivity index (χ4v) is 6.62. The van der Waals surface area contributed by atoms with Gasteiger partial charge in [0.1, 0.15) is 10.6 Å². The molecule has 0 saturated carbocycles. The van der Waals surface area contributed by atoms with Crippen molar-refractivity contribution < 1.29 is 14.3 Å². The maximum absolute atomic E-state index is 13.0. The molecule has 0 bridgehead atoms. The summed E-state index contributed by atoms with van der Waals surface area (Å²) >= 11 is 9.38. The van der Waals surface area contributed by atoms with Crippen molar-refractivity contribution in [2.45, 2.75) is 59.7 Å². The summed E-state index contributed by atoms with van der Waals surface area (Å²) in [6.07, 6.45) is 0.914. The Hall–Kier alpha value is -2.39. The number of benzene rings is 1. The number of hydrogen-bond donors (Lipinski definition) is 3. The summed E-state index contributed by atoms with van der Waals surface area (Å²) in [7, 11) is 0. The molecular weight excluding hydrogens is 502 g/mol. The van der Waals surface area contributed by atoms with Crippen LogP contribution in [0.25, 0.3) is 10.4 Å². The van der Waals surface area contributed by atoms with Gasteiger partial charge in [-0.1, -0.05) is 23.7 Å². The van der Waals surface area contributed by atoms with Crippen LogP contribution in [0.4, 0.5) is 9.80 Å². The molecular formula is C26H30ClN3O3S2. The van der Waals surface area contributed by atoms with Gasteiger partial charge in [-0.2, -0.15) is 0 Å². The standard InChI is InChI=1S/C26H30ClN3O3S2/c1-14-15(2)34-23(21(14)24(31)33-26(3,4)5)30-25(32)29-12-19-18-9-10-28-13-20(18)35-22(19)16-7-6-8-17(27)11-16/h6-8,11,28H,9-10,12-13H2,1-5H3,(H2,29,30,32). The maximum Gasteiger partial charge on any atom is 0.341 e. The fraction of sp³-hybridized carbons (Fsp3) is 0.385. The summed E-state index contributed by atoms with van der Waals surface area (Å²) in [5, 5.41) is 10.5. The van der Waals surface area contributed by atoms with Gasteiger partial charge in [0.15, 0.2) is 0 Å². The number of hydrogen-bond acceptors (Lipinski definition) is 6. The predicted molar refractivity (Wildman–Crippen MR) is 145 cm³/mol. The molecule has 0 spiro atoms. The van der Waals surface area contributed by atoms with Crippen LogP contribution >= 0.6 is 34.3 Å². The number of amides is 2. The Morgan fingerprint density at radius 2 is 1.97 bits per heavy atom. The number of ether oxygens (including phenoxy) is 1. The third-order valence-electron chi connectivity index (χ3n) is 5.77. The van der Waals surface area contributed by atoms with Gasteiger partial charge in [-0.15, -0.1) is 22.7 Å². The van der Waals surface area contributed by atoms with Crippen molar-refractivity contribution in [1.82, 2.24) is 10.6 Å². The van der Waals surface area contributed by atoms with E-state index in [0.717, 1.165) is 46.0 Å². The van der Waals surface area contributed by atoms with Crippen LogP contribution in [0.5, 0.6) is 0 Å². The number of aryl methyl sites for hydroxylation is 1. The number of halogens is 1. The molecule has 9 heteroatoms. The first kappa shape index (κ1) is 25.7. The van der Waals surface area contributed by atoms with Crippen molar-refractivity contribution in [1.29, 1.82) is 0 Å². The van der Waals surface area contributed by atoms with Crippen LogP contribution in [0.3, 0.4) is 0 Å². The first-order valence-electron chi connectivity index (χ1n) is 11.5. The van der Waals surface area contributed by atoms with Crippen molar-refractivity contribution in [3.63, 3.8) is 0 Å². The molecule has 1 aliphatic rings. The van der Waals surface area contributed by atoms with E-state index in [1.807, 2.05) is 58.9 Å². The van der Waals surface area contributed by atoms with E-state index in [4.69, 9.17) is 16.3 Å². The van der Waals surface area contributed by atoms with E-state index < -0.39 is 11.6 Å². The quantitative estimate of drug-likeness (QED) is 0.321. The van der Waals surface area contributed by atoms with E-state index in [1.54, 1.807) is 11.3 Å². The third-order valence-corrected chi connectivity index (χ3v) is 8.45. The zero-order valence-electron chi connectivity index (χ0n) is 20.6. The number of urea groups is 1. The topological polar surface area (TPSA) is 79.5 Å². The van der Waals surface area contributed by atoms with E-state index in [0.29, 0.717) is 22.1 Å². The SMILES string of the molecule is Cc1sc(NC(=O)NCc2c(-c3cccc(Cl)c3)sc3c2CCNC3)c(C(=O)OC(C)(C)C)c1C. The molecule has 35 heavy (non-hydrogen) atoms. The summed E-state index contributed by atoms with van der Waals surface area (Å²) in [4.78, 5) is 29.2. The minimum absolute atomic E-state index is 0.359. The molecule has 3 heterocycles. The van der Waals surface area contributed by atoms with Gasteiger partial charge in [-0.3, -0.25) is 5.32 Å². The molecule has 1 aliphatic heterocycles. The highest BCUT2D eigenvalue weighted by molar-refractivity contribution is 7.17. The lowest BCUT2D eigenvalue weighted by atomic mass is 10.00. The van der Waals surface area contributed by atoms with Crippen LogP contribution in [0.1, 0.15) is 57.6 Å². The second-order valence-electron chi connectivity index (χ2n) is 9.55. The molecule has 6 nitrogen and oxygen atoms in total. The van der Waals surface area contributed by atoms with E-state index in [9.17, 15) is 9.59 Å². The number of anilines is 1. The normalized spacial score (nSPS) is 13.3. The van der Waals surface area contributed by atoms with Gasteiger partial charge in [0.05, 0.1) is 5.56 Å². The number of carbonyl (C=O) groups excluding carboxylic acids is 2. The molecule has 0 aliphatic carbocycles. The molecule has 3 aromatic rings. The second-order valence-corrected chi connectivity index (χ2v) is 12.3. The molecule has 3 N–H and O–H groups in total. The number of rotatable bonds is 5. The Kier molecular flexibility index (Phi) is 7.57. The monoisotopic (exact) mass is 531 g/mol. The Balaban J connectivity index is 1.55. The van der Waals surface area contributed by atoms with Crippen LogP contribution in [0, 0.1) is 13.8 Å². The Bertz CT molecular complexity index is 1270. The van der Waals surface area contributed by atoms with Gasteiger partial charge in [0.2, 0.25) is 0 Å². The van der Waals surface area contributed by atoms with Crippen LogP contribution < -0.4 is 16.0 Å². The molecule has 186 valence electrons. The molecule has 0 atom stereocenters. The lowest BCUT2D eigenvalue weighted by molar-refractivity contribution is 0.00704. The Morgan fingerprint density at radius 1 is 1.20 bits per heavy atom. The van der Waals surface area contributed by atoms with Crippen molar-refractivity contribution in [2.75, 3.05) is 11.9 Å². The van der Waals surface area contributed by atoms with E-state index in [-0.39, 0.29) is 6.03 Å². The van der Waals surface area contributed by atoms with Crippen LogP contribution in [0.15, 0.2) is 24.3 Å². The minimum Gasteiger partial charge on any atom is -0.456 e. The third kappa shape index (κ3) is 5.89. The van der Waals surface area contributed by atoms with E-state index in [1.165, 1.54) is 21.8 Å². The van der Waals surface area contributed by atoms with Crippen molar-refractivity contribution in [3.8, 4) is 10.4 Å². The average Bonchev–Trinajstić information content (AvgIpc) is 3.28. The maximum atomic E-state index is 13.0. The van der Waals surface area contributed by atoms with Gasteiger partial charge >= 0.3 is 12.0 Å². The Morgan fingerprint density at radius 3 is 2.69 bits per heavy atom. The molecule has 0 unspecified atom stereocenters. The number of esters is 1. The highest BCUT2D eigenvalue weighted by Crippen LogP contribution is 2.39. The van der Waals surface area contributed by atoms with Gasteiger partial charge in [0, 0.05) is 32.7 Å². The lowest BCUT2D eigenvalue weighted by Gasteiger charge is -2.20. The van der Waals surface area contributed by atoms with Crippen molar-refractivity contribution >= 4 is 51.3 Å².